The molecule has 0 aliphatic carbocycles. The van der Waals surface area contributed by atoms with E-state index in [1.165, 1.54) is 0 Å². The molecule has 3 aromatic rings. The number of aromatic nitrogens is 3. The number of halogens is 1. The van der Waals surface area contributed by atoms with E-state index in [0.29, 0.717) is 11.0 Å². The topological polar surface area (TPSA) is 50.7 Å². The summed E-state index contributed by atoms with van der Waals surface area (Å²) >= 11 is 6.02. The summed E-state index contributed by atoms with van der Waals surface area (Å²) in [5, 5.41) is 3.87. The molecule has 1 N–H and O–H groups in total. The average molecular weight is 297 g/mol. The molecule has 4 nitrogen and oxygen atoms in total. The number of aryl methyl sites for hydroxylation is 1. The van der Waals surface area contributed by atoms with Gasteiger partial charge in [-0.15, -0.1) is 0 Å². The van der Waals surface area contributed by atoms with E-state index in [2.05, 4.69) is 20.3 Å². The highest BCUT2D eigenvalue weighted by atomic mass is 35.5. The Balaban J connectivity index is 1.92. The standard InChI is InChI=1S/C16H13ClN4/c1-11-4-5-13(17)9-15(11)21-16-19-8-6-14(20-16)12-3-2-7-18-10-12/h2-10H,1H3,(H,19,20,21). The van der Waals surface area contributed by atoms with Gasteiger partial charge in [-0.05, 0) is 42.8 Å². The minimum absolute atomic E-state index is 0.529. The van der Waals surface area contributed by atoms with Crippen molar-refractivity contribution in [1.29, 1.82) is 0 Å². The maximum absolute atomic E-state index is 6.02. The molecule has 0 saturated carbocycles. The van der Waals surface area contributed by atoms with Crippen molar-refractivity contribution in [3.8, 4) is 11.3 Å². The average Bonchev–Trinajstić information content (AvgIpc) is 2.52. The number of nitrogens with zero attached hydrogens (tertiary/aromatic N) is 3. The molecule has 0 unspecified atom stereocenters. The van der Waals surface area contributed by atoms with Crippen molar-refractivity contribution >= 4 is 23.2 Å². The largest absolute Gasteiger partial charge is 0.324 e. The van der Waals surface area contributed by atoms with Crippen LogP contribution in [0.25, 0.3) is 11.3 Å². The molecule has 0 aliphatic rings. The van der Waals surface area contributed by atoms with Crippen molar-refractivity contribution in [3.63, 3.8) is 0 Å². The maximum Gasteiger partial charge on any atom is 0.227 e. The molecule has 3 rings (SSSR count). The predicted molar refractivity (Wildman–Crippen MR) is 84.7 cm³/mol. The lowest BCUT2D eigenvalue weighted by molar-refractivity contribution is 1.16. The van der Waals surface area contributed by atoms with E-state index in [9.17, 15) is 0 Å². The molecule has 0 amide bonds. The molecular weight excluding hydrogens is 284 g/mol. The maximum atomic E-state index is 6.02. The second-order valence-electron chi connectivity index (χ2n) is 4.59. The van der Waals surface area contributed by atoms with Crippen LogP contribution in [0.4, 0.5) is 11.6 Å². The zero-order valence-corrected chi connectivity index (χ0v) is 12.2. The monoisotopic (exact) mass is 296 g/mol. The van der Waals surface area contributed by atoms with Crippen molar-refractivity contribution in [2.24, 2.45) is 0 Å². The van der Waals surface area contributed by atoms with Crippen LogP contribution in [0.3, 0.4) is 0 Å². The third-order valence-corrected chi connectivity index (χ3v) is 3.29. The first-order valence-electron chi connectivity index (χ1n) is 6.49. The molecule has 0 bridgehead atoms. The summed E-state index contributed by atoms with van der Waals surface area (Å²) in [4.78, 5) is 12.9. The van der Waals surface area contributed by atoms with Crippen LogP contribution in [-0.2, 0) is 0 Å². The molecular formula is C16H13ClN4. The molecule has 2 aromatic heterocycles. The zero-order valence-electron chi connectivity index (χ0n) is 11.4. The van der Waals surface area contributed by atoms with Gasteiger partial charge in [0.05, 0.1) is 5.69 Å². The Morgan fingerprint density at radius 3 is 2.81 bits per heavy atom. The Morgan fingerprint density at radius 1 is 1.10 bits per heavy atom. The Hall–Kier alpha value is -2.46. The van der Waals surface area contributed by atoms with Crippen LogP contribution < -0.4 is 5.32 Å². The molecule has 21 heavy (non-hydrogen) atoms. The highest BCUT2D eigenvalue weighted by Gasteiger charge is 2.05. The fourth-order valence-electron chi connectivity index (χ4n) is 1.94. The molecule has 0 atom stereocenters. The van der Waals surface area contributed by atoms with Crippen molar-refractivity contribution in [1.82, 2.24) is 15.0 Å². The lowest BCUT2D eigenvalue weighted by atomic mass is 10.2. The van der Waals surface area contributed by atoms with Crippen molar-refractivity contribution < 1.29 is 0 Å². The highest BCUT2D eigenvalue weighted by Crippen LogP contribution is 2.23. The molecule has 0 fully saturated rings. The van der Waals surface area contributed by atoms with Crippen molar-refractivity contribution in [2.45, 2.75) is 6.92 Å². The van der Waals surface area contributed by atoms with Crippen molar-refractivity contribution in [3.05, 3.63) is 65.6 Å². The number of hydrogen-bond acceptors (Lipinski definition) is 4. The summed E-state index contributed by atoms with van der Waals surface area (Å²) in [5.41, 5.74) is 3.74. The van der Waals surface area contributed by atoms with E-state index >= 15 is 0 Å². The molecule has 2 heterocycles. The van der Waals surface area contributed by atoms with Gasteiger partial charge < -0.3 is 5.32 Å². The van der Waals surface area contributed by atoms with Gasteiger partial charge in [-0.3, -0.25) is 4.98 Å². The quantitative estimate of drug-likeness (QED) is 0.785. The molecule has 0 radical (unpaired) electrons. The number of nitrogens with one attached hydrogen (secondary N) is 1. The van der Waals surface area contributed by atoms with Gasteiger partial charge in [0, 0.05) is 34.9 Å². The number of rotatable bonds is 3. The predicted octanol–water partition coefficient (Wildman–Crippen LogP) is 4.24. The van der Waals surface area contributed by atoms with E-state index in [-0.39, 0.29) is 0 Å². The van der Waals surface area contributed by atoms with Gasteiger partial charge >= 0.3 is 0 Å². The molecule has 0 saturated heterocycles. The molecule has 104 valence electrons. The fraction of sp³-hybridized carbons (Fsp3) is 0.0625. The van der Waals surface area contributed by atoms with Gasteiger partial charge in [-0.2, -0.15) is 0 Å². The van der Waals surface area contributed by atoms with Crippen LogP contribution in [0, 0.1) is 6.92 Å². The molecule has 0 spiro atoms. The van der Waals surface area contributed by atoms with Crippen LogP contribution in [0.15, 0.2) is 55.0 Å². The Morgan fingerprint density at radius 2 is 2.00 bits per heavy atom. The van der Waals surface area contributed by atoms with Gasteiger partial charge in [0.2, 0.25) is 5.95 Å². The van der Waals surface area contributed by atoms with E-state index in [1.807, 2.05) is 43.3 Å². The van der Waals surface area contributed by atoms with Crippen molar-refractivity contribution in [2.75, 3.05) is 5.32 Å². The van der Waals surface area contributed by atoms with Gasteiger partial charge in [0.1, 0.15) is 0 Å². The summed E-state index contributed by atoms with van der Waals surface area (Å²) in [6.45, 7) is 2.00. The zero-order chi connectivity index (χ0) is 14.7. The normalized spacial score (nSPS) is 10.4. The lowest BCUT2D eigenvalue weighted by Crippen LogP contribution is -1.99. The Labute approximate surface area is 127 Å². The Bertz CT molecular complexity index is 759. The second kappa shape index (κ2) is 5.89. The number of hydrogen-bond donors (Lipinski definition) is 1. The van der Waals surface area contributed by atoms with E-state index in [0.717, 1.165) is 22.5 Å². The molecule has 0 aliphatic heterocycles. The van der Waals surface area contributed by atoms with E-state index in [4.69, 9.17) is 11.6 Å². The molecule has 1 aromatic carbocycles. The van der Waals surface area contributed by atoms with Crippen LogP contribution in [0.2, 0.25) is 5.02 Å². The first-order valence-corrected chi connectivity index (χ1v) is 6.87. The summed E-state index contributed by atoms with van der Waals surface area (Å²) in [6.07, 6.45) is 5.23. The summed E-state index contributed by atoms with van der Waals surface area (Å²) in [5.74, 6) is 0.529. The minimum Gasteiger partial charge on any atom is -0.324 e. The van der Waals surface area contributed by atoms with Crippen LogP contribution >= 0.6 is 11.6 Å². The van der Waals surface area contributed by atoms with Crippen LogP contribution in [0.5, 0.6) is 0 Å². The van der Waals surface area contributed by atoms with Gasteiger partial charge in [0.15, 0.2) is 0 Å². The number of benzene rings is 1. The molecule has 5 heteroatoms. The van der Waals surface area contributed by atoms with Gasteiger partial charge in [-0.1, -0.05) is 17.7 Å². The second-order valence-corrected chi connectivity index (χ2v) is 5.03. The minimum atomic E-state index is 0.529. The lowest BCUT2D eigenvalue weighted by Gasteiger charge is -2.09. The third-order valence-electron chi connectivity index (χ3n) is 3.06. The number of pyridine rings is 1. The SMILES string of the molecule is Cc1ccc(Cl)cc1Nc1nccc(-c2cccnc2)n1. The summed E-state index contributed by atoms with van der Waals surface area (Å²) < 4.78 is 0. The summed E-state index contributed by atoms with van der Waals surface area (Å²) in [6, 6.07) is 11.4. The van der Waals surface area contributed by atoms with Gasteiger partial charge in [0.25, 0.3) is 0 Å². The Kier molecular flexibility index (Phi) is 3.79. The first kappa shape index (κ1) is 13.5. The van der Waals surface area contributed by atoms with Gasteiger partial charge in [-0.25, -0.2) is 9.97 Å². The summed E-state index contributed by atoms with van der Waals surface area (Å²) in [7, 11) is 0. The fourth-order valence-corrected chi connectivity index (χ4v) is 2.12. The van der Waals surface area contributed by atoms with E-state index < -0.39 is 0 Å². The van der Waals surface area contributed by atoms with Crippen LogP contribution in [-0.4, -0.2) is 15.0 Å². The first-order chi connectivity index (χ1) is 10.2. The highest BCUT2D eigenvalue weighted by molar-refractivity contribution is 6.30. The number of anilines is 2. The smallest absolute Gasteiger partial charge is 0.227 e. The third kappa shape index (κ3) is 3.17. The van der Waals surface area contributed by atoms with E-state index in [1.54, 1.807) is 18.6 Å². The van der Waals surface area contributed by atoms with Crippen LogP contribution in [0.1, 0.15) is 5.56 Å².